The van der Waals surface area contributed by atoms with Gasteiger partial charge in [0, 0.05) is 10.9 Å². The first-order chi connectivity index (χ1) is 8.08. The van der Waals surface area contributed by atoms with Crippen molar-refractivity contribution in [2.24, 2.45) is 0 Å². The highest BCUT2D eigenvalue weighted by Gasteiger charge is 2.15. The predicted molar refractivity (Wildman–Crippen MR) is 60.7 cm³/mol. The maximum Gasteiger partial charge on any atom is 0.325 e. The molecule has 0 bridgehead atoms. The van der Waals surface area contributed by atoms with Gasteiger partial charge in [0.2, 0.25) is 0 Å². The van der Waals surface area contributed by atoms with Crippen LogP contribution in [-0.2, 0) is 4.79 Å². The molecule has 2 rings (SSSR count). The summed E-state index contributed by atoms with van der Waals surface area (Å²) in [5, 5.41) is 18.5. The number of aromatic nitrogens is 2. The fourth-order valence-electron chi connectivity index (χ4n) is 1.42. The molecule has 0 saturated heterocycles. The first-order valence-corrected chi connectivity index (χ1v) is 5.05. The van der Waals surface area contributed by atoms with Crippen LogP contribution in [0.4, 0.5) is 0 Å². The number of hydrogen-bond donors (Lipinski definition) is 3. The molecule has 6 nitrogen and oxygen atoms in total. The molecule has 1 heterocycles. The molecule has 0 aliphatic heterocycles. The fourth-order valence-corrected chi connectivity index (χ4v) is 1.42. The summed E-state index contributed by atoms with van der Waals surface area (Å²) in [6, 6.07) is 4.09. The van der Waals surface area contributed by atoms with Gasteiger partial charge in [-0.1, -0.05) is 6.07 Å². The largest absolute Gasteiger partial charge is 0.480 e. The number of amides is 1. The predicted octanol–water partition coefficient (Wildman–Crippen LogP) is 0.766. The zero-order valence-corrected chi connectivity index (χ0v) is 9.10. The highest BCUT2D eigenvalue weighted by atomic mass is 16.4. The fraction of sp³-hybridized carbons (Fsp3) is 0.182. The van der Waals surface area contributed by atoms with Crippen LogP contribution in [-0.4, -0.2) is 33.2 Å². The smallest absolute Gasteiger partial charge is 0.325 e. The number of fused-ring (bicyclic) bond motifs is 1. The van der Waals surface area contributed by atoms with E-state index in [9.17, 15) is 9.59 Å². The molecule has 0 spiro atoms. The SMILES string of the molecule is C[C@H](NC(=O)c1ccc2cn[nH]c2c1)C(=O)O. The van der Waals surface area contributed by atoms with Gasteiger partial charge >= 0.3 is 5.97 Å². The quantitative estimate of drug-likeness (QED) is 0.729. The lowest BCUT2D eigenvalue weighted by atomic mass is 10.1. The number of H-pyrrole nitrogens is 1. The molecular formula is C11H11N3O3. The Morgan fingerprint density at radius 2 is 2.24 bits per heavy atom. The van der Waals surface area contributed by atoms with Crippen molar-refractivity contribution in [1.29, 1.82) is 0 Å². The molecule has 3 N–H and O–H groups in total. The number of nitrogens with one attached hydrogen (secondary N) is 2. The summed E-state index contributed by atoms with van der Waals surface area (Å²) in [5.74, 6) is -1.49. The number of aromatic amines is 1. The summed E-state index contributed by atoms with van der Waals surface area (Å²) >= 11 is 0. The van der Waals surface area contributed by atoms with Crippen LogP contribution in [0.25, 0.3) is 10.9 Å². The number of carboxylic acid groups (broad SMARTS) is 1. The minimum absolute atomic E-state index is 0.398. The molecule has 2 aromatic rings. The molecule has 1 aromatic heterocycles. The van der Waals surface area contributed by atoms with E-state index < -0.39 is 17.9 Å². The molecule has 0 unspecified atom stereocenters. The second-order valence-corrected chi connectivity index (χ2v) is 3.71. The highest BCUT2D eigenvalue weighted by Crippen LogP contribution is 2.12. The van der Waals surface area contributed by atoms with E-state index in [1.807, 2.05) is 0 Å². The molecule has 0 fully saturated rings. The Hall–Kier alpha value is -2.37. The van der Waals surface area contributed by atoms with Gasteiger partial charge in [-0.2, -0.15) is 5.10 Å². The third-order valence-electron chi connectivity index (χ3n) is 2.42. The van der Waals surface area contributed by atoms with Crippen LogP contribution in [0.5, 0.6) is 0 Å². The summed E-state index contributed by atoms with van der Waals surface area (Å²) in [7, 11) is 0. The average molecular weight is 233 g/mol. The van der Waals surface area contributed by atoms with Crippen molar-refractivity contribution >= 4 is 22.8 Å². The topological polar surface area (TPSA) is 95.1 Å². The van der Waals surface area contributed by atoms with Crippen LogP contribution < -0.4 is 5.32 Å². The normalized spacial score (nSPS) is 12.3. The van der Waals surface area contributed by atoms with Gasteiger partial charge in [-0.15, -0.1) is 0 Å². The van der Waals surface area contributed by atoms with Gasteiger partial charge in [-0.25, -0.2) is 0 Å². The second-order valence-electron chi connectivity index (χ2n) is 3.71. The number of nitrogens with zero attached hydrogens (tertiary/aromatic N) is 1. The molecule has 0 radical (unpaired) electrons. The number of carboxylic acids is 1. The van der Waals surface area contributed by atoms with Crippen LogP contribution >= 0.6 is 0 Å². The van der Waals surface area contributed by atoms with E-state index in [4.69, 9.17) is 5.11 Å². The summed E-state index contributed by atoms with van der Waals surface area (Å²) in [6.45, 7) is 1.41. The van der Waals surface area contributed by atoms with E-state index in [1.54, 1.807) is 24.4 Å². The molecule has 17 heavy (non-hydrogen) atoms. The van der Waals surface area contributed by atoms with Crippen molar-refractivity contribution in [2.75, 3.05) is 0 Å². The van der Waals surface area contributed by atoms with Crippen LogP contribution in [0, 0.1) is 0 Å². The number of carbonyl (C=O) groups excluding carboxylic acids is 1. The van der Waals surface area contributed by atoms with Crippen molar-refractivity contribution in [3.8, 4) is 0 Å². The standard InChI is InChI=1S/C11H11N3O3/c1-6(11(16)17)13-10(15)7-2-3-8-5-12-14-9(8)4-7/h2-6H,1H3,(H,12,14)(H,13,15)(H,16,17)/t6-/m0/s1. The Kier molecular flexibility index (Phi) is 2.78. The lowest BCUT2D eigenvalue weighted by Gasteiger charge is -2.08. The van der Waals surface area contributed by atoms with Crippen molar-refractivity contribution < 1.29 is 14.7 Å². The first kappa shape index (κ1) is 11.1. The first-order valence-electron chi connectivity index (χ1n) is 5.05. The summed E-state index contributed by atoms with van der Waals surface area (Å²) in [4.78, 5) is 22.3. The molecular weight excluding hydrogens is 222 g/mol. The van der Waals surface area contributed by atoms with Crippen molar-refractivity contribution in [3.63, 3.8) is 0 Å². The molecule has 6 heteroatoms. The lowest BCUT2D eigenvalue weighted by molar-refractivity contribution is -0.138. The van der Waals surface area contributed by atoms with Crippen molar-refractivity contribution in [3.05, 3.63) is 30.0 Å². The maximum absolute atomic E-state index is 11.7. The highest BCUT2D eigenvalue weighted by molar-refractivity contribution is 5.99. The molecule has 88 valence electrons. The Morgan fingerprint density at radius 1 is 1.47 bits per heavy atom. The zero-order valence-electron chi connectivity index (χ0n) is 9.10. The number of benzene rings is 1. The zero-order chi connectivity index (χ0) is 12.4. The monoisotopic (exact) mass is 233 g/mol. The van der Waals surface area contributed by atoms with Gasteiger partial charge in [-0.3, -0.25) is 14.7 Å². The molecule has 1 amide bonds. The van der Waals surface area contributed by atoms with E-state index in [1.165, 1.54) is 6.92 Å². The third-order valence-corrected chi connectivity index (χ3v) is 2.42. The van der Waals surface area contributed by atoms with Gasteiger partial charge < -0.3 is 10.4 Å². The maximum atomic E-state index is 11.7. The van der Waals surface area contributed by atoms with E-state index in [0.717, 1.165) is 10.9 Å². The minimum Gasteiger partial charge on any atom is -0.480 e. The van der Waals surface area contributed by atoms with E-state index >= 15 is 0 Å². The van der Waals surface area contributed by atoms with Crippen LogP contribution in [0.1, 0.15) is 17.3 Å². The van der Waals surface area contributed by atoms with Gasteiger partial charge in [0.05, 0.1) is 11.7 Å². The summed E-state index contributed by atoms with van der Waals surface area (Å²) in [6.07, 6.45) is 1.65. The molecule has 0 saturated carbocycles. The van der Waals surface area contributed by atoms with Gasteiger partial charge in [0.1, 0.15) is 6.04 Å². The Morgan fingerprint density at radius 3 is 2.94 bits per heavy atom. The van der Waals surface area contributed by atoms with Crippen LogP contribution in [0.15, 0.2) is 24.4 Å². The van der Waals surface area contributed by atoms with E-state index in [2.05, 4.69) is 15.5 Å². The average Bonchev–Trinajstić information content (AvgIpc) is 2.75. The summed E-state index contributed by atoms with van der Waals surface area (Å²) in [5.41, 5.74) is 1.13. The number of carbonyl (C=O) groups is 2. The van der Waals surface area contributed by atoms with Crippen LogP contribution in [0.2, 0.25) is 0 Å². The second kappa shape index (κ2) is 4.25. The molecule has 0 aliphatic rings. The van der Waals surface area contributed by atoms with Crippen LogP contribution in [0.3, 0.4) is 0 Å². The van der Waals surface area contributed by atoms with Crippen molar-refractivity contribution in [2.45, 2.75) is 13.0 Å². The molecule has 1 aromatic carbocycles. The van der Waals surface area contributed by atoms with Crippen molar-refractivity contribution in [1.82, 2.24) is 15.5 Å². The number of aliphatic carboxylic acids is 1. The van der Waals surface area contributed by atoms with Gasteiger partial charge in [-0.05, 0) is 19.1 Å². The van der Waals surface area contributed by atoms with E-state index in [-0.39, 0.29) is 0 Å². The Balaban J connectivity index is 2.21. The number of rotatable bonds is 3. The van der Waals surface area contributed by atoms with Gasteiger partial charge in [0.15, 0.2) is 0 Å². The Labute approximate surface area is 96.6 Å². The summed E-state index contributed by atoms with van der Waals surface area (Å²) < 4.78 is 0. The van der Waals surface area contributed by atoms with E-state index in [0.29, 0.717) is 5.56 Å². The third kappa shape index (κ3) is 2.25. The lowest BCUT2D eigenvalue weighted by Crippen LogP contribution is -2.38. The molecule has 0 aliphatic carbocycles. The Bertz CT molecular complexity index is 576. The minimum atomic E-state index is -1.07. The molecule has 1 atom stereocenters. The van der Waals surface area contributed by atoms with Gasteiger partial charge in [0.25, 0.3) is 5.91 Å². The number of hydrogen-bond acceptors (Lipinski definition) is 3.